The normalized spacial score (nSPS) is 44.3. The third-order valence-corrected chi connectivity index (χ3v) is 10.6. The van der Waals surface area contributed by atoms with Crippen molar-refractivity contribution in [2.24, 2.45) is 46.3 Å². The minimum atomic E-state index is 0.275. The molecular formula is C28H46O. The lowest BCUT2D eigenvalue weighted by Gasteiger charge is -2.58. The summed E-state index contributed by atoms with van der Waals surface area (Å²) in [6, 6.07) is 0. The topological polar surface area (TPSA) is 20.2 Å². The van der Waals surface area contributed by atoms with Crippen molar-refractivity contribution in [1.29, 1.82) is 0 Å². The molecule has 1 heteroatoms. The number of hydrogen-bond acceptors (Lipinski definition) is 1. The predicted octanol–water partition coefficient (Wildman–Crippen LogP) is 7.56. The van der Waals surface area contributed by atoms with Gasteiger partial charge in [0, 0.05) is 6.61 Å². The standard InChI is InChI=1S/C28H46O/c1-19(21(3)18-29)9-10-20(2)24-13-14-25-23-12-11-22-8-6-7-16-27(22,4)26(23)15-17-28(24,25)5/h9,11,20-21,23-26,29H,6-8,10,12-18H2,1-5H3/b19-9+/t20-,21?,23+,24-,25+,26+,27+,28-/m1/s1. The van der Waals surface area contributed by atoms with Crippen LogP contribution in [0.4, 0.5) is 0 Å². The molecule has 0 aromatic rings. The highest BCUT2D eigenvalue weighted by Gasteiger charge is 2.58. The number of fused-ring (bicyclic) bond motifs is 5. The Kier molecular flexibility index (Phi) is 6.11. The van der Waals surface area contributed by atoms with Crippen LogP contribution in [0.15, 0.2) is 23.3 Å². The number of hydrogen-bond donors (Lipinski definition) is 1. The summed E-state index contributed by atoms with van der Waals surface area (Å²) in [4.78, 5) is 0. The molecule has 1 N–H and O–H groups in total. The highest BCUT2D eigenvalue weighted by atomic mass is 16.3. The maximum absolute atomic E-state index is 9.45. The molecule has 0 saturated heterocycles. The van der Waals surface area contributed by atoms with Crippen molar-refractivity contribution in [3.63, 3.8) is 0 Å². The summed E-state index contributed by atoms with van der Waals surface area (Å²) in [5.41, 5.74) is 4.31. The molecule has 0 amide bonds. The minimum Gasteiger partial charge on any atom is -0.396 e. The van der Waals surface area contributed by atoms with Gasteiger partial charge >= 0.3 is 0 Å². The van der Waals surface area contributed by atoms with Crippen LogP contribution in [0.25, 0.3) is 0 Å². The summed E-state index contributed by atoms with van der Waals surface area (Å²) < 4.78 is 0. The highest BCUT2D eigenvalue weighted by Crippen LogP contribution is 2.67. The Hall–Kier alpha value is -0.560. The Bertz CT molecular complexity index is 659. The lowest BCUT2D eigenvalue weighted by atomic mass is 9.47. The van der Waals surface area contributed by atoms with Gasteiger partial charge in [-0.2, -0.15) is 0 Å². The van der Waals surface area contributed by atoms with Crippen LogP contribution >= 0.6 is 0 Å². The second-order valence-corrected chi connectivity index (χ2v) is 11.9. The van der Waals surface area contributed by atoms with Crippen molar-refractivity contribution >= 4 is 0 Å². The first kappa shape index (κ1) is 21.7. The first-order chi connectivity index (χ1) is 13.8. The zero-order valence-electron chi connectivity index (χ0n) is 19.8. The molecule has 0 heterocycles. The Labute approximate surface area is 180 Å². The Balaban J connectivity index is 1.50. The summed E-state index contributed by atoms with van der Waals surface area (Å²) >= 11 is 0. The van der Waals surface area contributed by atoms with Crippen LogP contribution < -0.4 is 0 Å². The van der Waals surface area contributed by atoms with Gasteiger partial charge in [-0.15, -0.1) is 0 Å². The third-order valence-electron chi connectivity index (χ3n) is 10.6. The number of aliphatic hydroxyl groups excluding tert-OH is 1. The van der Waals surface area contributed by atoms with Crippen molar-refractivity contribution in [2.45, 2.75) is 98.8 Å². The third kappa shape index (κ3) is 3.58. The summed E-state index contributed by atoms with van der Waals surface area (Å²) in [6.07, 6.45) is 19.3. The van der Waals surface area contributed by atoms with Crippen LogP contribution in [0, 0.1) is 46.3 Å². The van der Waals surface area contributed by atoms with Crippen molar-refractivity contribution in [3.8, 4) is 0 Å². The lowest BCUT2D eigenvalue weighted by Crippen LogP contribution is -2.50. The monoisotopic (exact) mass is 398 g/mol. The molecule has 4 aliphatic carbocycles. The molecular weight excluding hydrogens is 352 g/mol. The molecule has 3 fully saturated rings. The van der Waals surface area contributed by atoms with Crippen molar-refractivity contribution < 1.29 is 5.11 Å². The van der Waals surface area contributed by atoms with E-state index in [0.717, 1.165) is 29.6 Å². The van der Waals surface area contributed by atoms with Gasteiger partial charge in [0.2, 0.25) is 0 Å². The average Bonchev–Trinajstić information content (AvgIpc) is 3.08. The molecule has 0 aromatic heterocycles. The molecule has 1 unspecified atom stereocenters. The van der Waals surface area contributed by atoms with Gasteiger partial charge in [-0.1, -0.05) is 57.4 Å². The molecule has 4 aliphatic rings. The largest absolute Gasteiger partial charge is 0.396 e. The van der Waals surface area contributed by atoms with Gasteiger partial charge in [0.05, 0.1) is 0 Å². The van der Waals surface area contributed by atoms with Crippen molar-refractivity contribution in [3.05, 3.63) is 23.3 Å². The van der Waals surface area contributed by atoms with E-state index >= 15 is 0 Å². The Morgan fingerprint density at radius 2 is 1.93 bits per heavy atom. The highest BCUT2D eigenvalue weighted by molar-refractivity contribution is 5.24. The van der Waals surface area contributed by atoms with Crippen LogP contribution in [0.1, 0.15) is 98.8 Å². The van der Waals surface area contributed by atoms with Gasteiger partial charge in [-0.05, 0) is 111 Å². The van der Waals surface area contributed by atoms with Crippen LogP contribution in [-0.2, 0) is 0 Å². The van der Waals surface area contributed by atoms with Crippen molar-refractivity contribution in [1.82, 2.24) is 0 Å². The summed E-state index contributed by atoms with van der Waals surface area (Å²) in [5, 5.41) is 9.45. The molecule has 29 heavy (non-hydrogen) atoms. The lowest BCUT2D eigenvalue weighted by molar-refractivity contribution is -0.0491. The second-order valence-electron chi connectivity index (χ2n) is 11.9. The zero-order valence-corrected chi connectivity index (χ0v) is 19.8. The first-order valence-electron chi connectivity index (χ1n) is 12.8. The SMILES string of the molecule is C/C(=C\C[C@@H](C)[C@H]1CC[C@H]2[C@@H]3CC=C4CCCC[C@]4(C)[C@H]3CC[C@]12C)C(C)CO. The number of aliphatic hydroxyl groups is 1. The number of allylic oxidation sites excluding steroid dienone is 3. The van der Waals surface area contributed by atoms with E-state index in [-0.39, 0.29) is 6.61 Å². The maximum Gasteiger partial charge on any atom is 0.0493 e. The van der Waals surface area contributed by atoms with Crippen LogP contribution in [0.5, 0.6) is 0 Å². The summed E-state index contributed by atoms with van der Waals surface area (Å²) in [7, 11) is 0. The van der Waals surface area contributed by atoms with Gasteiger partial charge in [0.25, 0.3) is 0 Å². The van der Waals surface area contributed by atoms with Gasteiger partial charge in [-0.3, -0.25) is 0 Å². The van der Waals surface area contributed by atoms with Gasteiger partial charge in [0.1, 0.15) is 0 Å². The molecule has 8 atom stereocenters. The molecule has 0 radical (unpaired) electrons. The fourth-order valence-corrected chi connectivity index (χ4v) is 8.55. The molecule has 1 nitrogen and oxygen atoms in total. The van der Waals surface area contributed by atoms with E-state index < -0.39 is 0 Å². The summed E-state index contributed by atoms with van der Waals surface area (Å²) in [6.45, 7) is 12.5. The van der Waals surface area contributed by atoms with Gasteiger partial charge < -0.3 is 5.11 Å². The van der Waals surface area contributed by atoms with E-state index in [9.17, 15) is 5.11 Å². The van der Waals surface area contributed by atoms with E-state index in [2.05, 4.69) is 46.8 Å². The fourth-order valence-electron chi connectivity index (χ4n) is 8.55. The first-order valence-corrected chi connectivity index (χ1v) is 12.8. The number of rotatable bonds is 5. The van der Waals surface area contributed by atoms with Gasteiger partial charge in [0.15, 0.2) is 0 Å². The predicted molar refractivity (Wildman–Crippen MR) is 124 cm³/mol. The quantitative estimate of drug-likeness (QED) is 0.474. The van der Waals surface area contributed by atoms with Crippen molar-refractivity contribution in [2.75, 3.05) is 6.61 Å². The molecule has 164 valence electrons. The molecule has 0 bridgehead atoms. The molecule has 0 spiro atoms. The second kappa shape index (κ2) is 8.18. The summed E-state index contributed by atoms with van der Waals surface area (Å²) in [5.74, 6) is 4.82. The Morgan fingerprint density at radius 3 is 2.69 bits per heavy atom. The zero-order chi connectivity index (χ0) is 20.8. The van der Waals surface area contributed by atoms with Crippen LogP contribution in [0.3, 0.4) is 0 Å². The molecule has 4 rings (SSSR count). The molecule has 0 aliphatic heterocycles. The van der Waals surface area contributed by atoms with E-state index in [1.165, 1.54) is 69.8 Å². The van der Waals surface area contributed by atoms with E-state index in [0.29, 0.717) is 16.7 Å². The van der Waals surface area contributed by atoms with Crippen LogP contribution in [-0.4, -0.2) is 11.7 Å². The van der Waals surface area contributed by atoms with Gasteiger partial charge in [-0.25, -0.2) is 0 Å². The Morgan fingerprint density at radius 1 is 1.14 bits per heavy atom. The van der Waals surface area contributed by atoms with E-state index in [4.69, 9.17) is 0 Å². The average molecular weight is 399 g/mol. The molecule has 3 saturated carbocycles. The maximum atomic E-state index is 9.45. The fraction of sp³-hybridized carbons (Fsp3) is 0.857. The van der Waals surface area contributed by atoms with E-state index in [1.807, 2.05) is 5.57 Å². The smallest absolute Gasteiger partial charge is 0.0493 e. The molecule has 0 aromatic carbocycles. The van der Waals surface area contributed by atoms with Crippen LogP contribution in [0.2, 0.25) is 0 Å². The minimum absolute atomic E-state index is 0.275. The van der Waals surface area contributed by atoms with E-state index in [1.54, 1.807) is 0 Å².